The number of aliphatic hydroxyl groups is 1. The Labute approximate surface area is 183 Å². The summed E-state index contributed by atoms with van der Waals surface area (Å²) in [6.45, 7) is 12.5. The van der Waals surface area contributed by atoms with E-state index in [1.165, 1.54) is 6.92 Å². The van der Waals surface area contributed by atoms with Crippen molar-refractivity contribution in [3.8, 4) is 5.88 Å². The van der Waals surface area contributed by atoms with Crippen LogP contribution in [-0.2, 0) is 9.53 Å². The van der Waals surface area contributed by atoms with Gasteiger partial charge >= 0.3 is 11.7 Å². The minimum Gasteiger partial charge on any atom is -0.466 e. The number of aromatic nitrogens is 2. The number of aliphatic hydroxyl groups excluding tert-OH is 1. The molecule has 0 saturated heterocycles. The second-order valence-electron chi connectivity index (χ2n) is 9.14. The van der Waals surface area contributed by atoms with Crippen LogP contribution in [0.4, 0.5) is 5.69 Å². The molecule has 0 unspecified atom stereocenters. The maximum absolute atomic E-state index is 12.0. The highest BCUT2D eigenvalue weighted by Crippen LogP contribution is 2.40. The van der Waals surface area contributed by atoms with Gasteiger partial charge in [0.05, 0.1) is 23.0 Å². The molecule has 0 amide bonds. The first-order valence-corrected chi connectivity index (χ1v) is 10.6. The number of rotatable bonds is 9. The van der Waals surface area contributed by atoms with Crippen molar-refractivity contribution >= 4 is 11.7 Å². The smallest absolute Gasteiger partial charge is 0.351 e. The summed E-state index contributed by atoms with van der Waals surface area (Å²) in [6, 6.07) is 0. The first kappa shape index (κ1) is 24.7. The average molecular weight is 436 g/mol. The monoisotopic (exact) mass is 435 g/mol. The summed E-state index contributed by atoms with van der Waals surface area (Å²) in [4.78, 5) is 31.2. The highest BCUT2D eigenvalue weighted by Gasteiger charge is 2.44. The molecule has 0 aromatic carbocycles. The van der Waals surface area contributed by atoms with Gasteiger partial charge in [0, 0.05) is 0 Å². The van der Waals surface area contributed by atoms with Crippen LogP contribution in [0.5, 0.6) is 5.88 Å². The Balaban J connectivity index is 2.18. The number of hydrogen-bond donors (Lipinski definition) is 1. The van der Waals surface area contributed by atoms with Gasteiger partial charge in [-0.1, -0.05) is 6.08 Å². The molecule has 172 valence electrons. The lowest BCUT2D eigenvalue weighted by atomic mass is 9.97. The van der Waals surface area contributed by atoms with Crippen LogP contribution in [0.2, 0.25) is 0 Å². The number of aryl methyl sites for hydroxylation is 2. The van der Waals surface area contributed by atoms with Crippen molar-refractivity contribution in [3.63, 3.8) is 0 Å². The number of nitro groups is 1. The molecule has 0 radical (unpaired) electrons. The van der Waals surface area contributed by atoms with Gasteiger partial charge in [-0.3, -0.25) is 14.9 Å². The van der Waals surface area contributed by atoms with Gasteiger partial charge in [-0.2, -0.15) is 4.98 Å². The molecule has 9 nitrogen and oxygen atoms in total. The van der Waals surface area contributed by atoms with E-state index in [4.69, 9.17) is 9.47 Å². The number of esters is 1. The summed E-state index contributed by atoms with van der Waals surface area (Å²) in [7, 11) is 0. The zero-order valence-electron chi connectivity index (χ0n) is 19.0. The van der Waals surface area contributed by atoms with Crippen LogP contribution in [0.3, 0.4) is 0 Å². The van der Waals surface area contributed by atoms with E-state index in [0.29, 0.717) is 18.7 Å². The van der Waals surface area contributed by atoms with Gasteiger partial charge in [-0.15, -0.1) is 6.58 Å². The molecule has 4 atom stereocenters. The lowest BCUT2D eigenvalue weighted by molar-refractivity contribution is -0.387. The number of allylic oxidation sites excluding steroid dienone is 1. The standard InChI is InChI=1S/C22H33N3O6/c1-7-8-9-16-12-15(10-11-30-21(27)22(4,5)6)18(26)19(16)31-20-17(25(28)29)13(2)23-14(3)24-20/h7,15-16,18-19,26H,1,8-12H2,2-6H3/t15-,16-,18-,19+/m0/s1. The predicted molar refractivity (Wildman–Crippen MR) is 115 cm³/mol. The normalized spacial score (nSPS) is 23.4. The van der Waals surface area contributed by atoms with E-state index < -0.39 is 22.5 Å². The van der Waals surface area contributed by atoms with Crippen LogP contribution in [0, 0.1) is 41.2 Å². The summed E-state index contributed by atoms with van der Waals surface area (Å²) >= 11 is 0. The molecule has 0 aliphatic heterocycles. The van der Waals surface area contributed by atoms with E-state index in [0.717, 1.165) is 12.8 Å². The molecule has 31 heavy (non-hydrogen) atoms. The quantitative estimate of drug-likeness (QED) is 0.269. The second-order valence-corrected chi connectivity index (χ2v) is 9.14. The van der Waals surface area contributed by atoms with Crippen LogP contribution in [0.1, 0.15) is 58.0 Å². The number of nitrogens with zero attached hydrogens (tertiary/aromatic N) is 3. The molecule has 1 saturated carbocycles. The number of carbonyl (C=O) groups excluding carboxylic acids is 1. The fraction of sp³-hybridized carbons (Fsp3) is 0.682. The molecule has 1 N–H and O–H groups in total. The van der Waals surface area contributed by atoms with E-state index in [2.05, 4.69) is 16.5 Å². The zero-order chi connectivity index (χ0) is 23.3. The number of ether oxygens (including phenoxy) is 2. The zero-order valence-corrected chi connectivity index (χ0v) is 19.0. The highest BCUT2D eigenvalue weighted by molar-refractivity contribution is 5.75. The van der Waals surface area contributed by atoms with Gasteiger partial charge < -0.3 is 14.6 Å². The topological polar surface area (TPSA) is 125 Å². The first-order valence-electron chi connectivity index (χ1n) is 10.6. The summed E-state index contributed by atoms with van der Waals surface area (Å²) in [5.74, 6) is -0.248. The molecule has 9 heteroatoms. The summed E-state index contributed by atoms with van der Waals surface area (Å²) in [5.41, 5.74) is -0.662. The van der Waals surface area contributed by atoms with Crippen LogP contribution in [0.25, 0.3) is 0 Å². The largest absolute Gasteiger partial charge is 0.466 e. The molecule has 1 aliphatic carbocycles. The molecule has 0 spiro atoms. The van der Waals surface area contributed by atoms with Crippen LogP contribution in [0.15, 0.2) is 12.7 Å². The SMILES string of the molecule is C=CCC[C@H]1C[C@H](CCOC(=O)C(C)(C)C)[C@H](O)[C@@H]1Oc1nc(C)nc(C)c1[N+](=O)[O-]. The molecular weight excluding hydrogens is 402 g/mol. The second kappa shape index (κ2) is 10.2. The molecule has 1 aromatic heterocycles. The van der Waals surface area contributed by atoms with Gasteiger partial charge in [0.15, 0.2) is 0 Å². The van der Waals surface area contributed by atoms with Gasteiger partial charge in [-0.25, -0.2) is 4.98 Å². The predicted octanol–water partition coefficient (Wildman–Crippen LogP) is 3.69. The molecule has 1 fully saturated rings. The first-order chi connectivity index (χ1) is 14.5. The molecule has 1 aliphatic rings. The maximum Gasteiger partial charge on any atom is 0.351 e. The van der Waals surface area contributed by atoms with E-state index in [1.807, 2.05) is 0 Å². The fourth-order valence-corrected chi connectivity index (χ4v) is 3.89. The Morgan fingerprint density at radius 1 is 1.29 bits per heavy atom. The maximum atomic E-state index is 12.0. The summed E-state index contributed by atoms with van der Waals surface area (Å²) in [6.07, 6.45) is 2.87. The van der Waals surface area contributed by atoms with E-state index in [-0.39, 0.29) is 41.7 Å². The van der Waals surface area contributed by atoms with Crippen LogP contribution in [-0.4, -0.2) is 44.8 Å². The van der Waals surface area contributed by atoms with Crippen molar-refractivity contribution in [2.45, 2.75) is 72.5 Å². The van der Waals surface area contributed by atoms with Gasteiger partial charge in [0.1, 0.15) is 17.6 Å². The van der Waals surface area contributed by atoms with Crippen molar-refractivity contribution < 1.29 is 24.3 Å². The molecule has 2 rings (SSSR count). The average Bonchev–Trinajstić information content (AvgIpc) is 2.93. The summed E-state index contributed by atoms with van der Waals surface area (Å²) in [5, 5.41) is 22.5. The van der Waals surface area contributed by atoms with Crippen molar-refractivity contribution in [2.24, 2.45) is 17.3 Å². The Morgan fingerprint density at radius 2 is 1.97 bits per heavy atom. The number of carbonyl (C=O) groups is 1. The lowest BCUT2D eigenvalue weighted by Gasteiger charge is -2.24. The molecule has 1 heterocycles. The third-order valence-electron chi connectivity index (χ3n) is 5.53. The van der Waals surface area contributed by atoms with E-state index in [9.17, 15) is 20.0 Å². The third kappa shape index (κ3) is 6.22. The summed E-state index contributed by atoms with van der Waals surface area (Å²) < 4.78 is 11.3. The third-order valence-corrected chi connectivity index (χ3v) is 5.53. The minimum absolute atomic E-state index is 0.0356. The Hall–Kier alpha value is -2.55. The van der Waals surface area contributed by atoms with Crippen molar-refractivity contribution in [1.29, 1.82) is 0 Å². The number of hydrogen-bond acceptors (Lipinski definition) is 8. The molecule has 1 aromatic rings. The van der Waals surface area contributed by atoms with E-state index in [1.54, 1.807) is 33.8 Å². The van der Waals surface area contributed by atoms with Gasteiger partial charge in [-0.05, 0) is 72.1 Å². The van der Waals surface area contributed by atoms with Crippen LogP contribution < -0.4 is 4.74 Å². The van der Waals surface area contributed by atoms with E-state index >= 15 is 0 Å². The van der Waals surface area contributed by atoms with Crippen LogP contribution >= 0.6 is 0 Å². The fourth-order valence-electron chi connectivity index (χ4n) is 3.89. The minimum atomic E-state index is -0.863. The molecular formula is C22H33N3O6. The van der Waals surface area contributed by atoms with Crippen molar-refractivity contribution in [2.75, 3.05) is 6.61 Å². The van der Waals surface area contributed by atoms with Gasteiger partial charge in [0.2, 0.25) is 0 Å². The van der Waals surface area contributed by atoms with Gasteiger partial charge in [0.25, 0.3) is 5.88 Å². The Morgan fingerprint density at radius 3 is 2.55 bits per heavy atom. The highest BCUT2D eigenvalue weighted by atomic mass is 16.6. The van der Waals surface area contributed by atoms with Crippen molar-refractivity contribution in [1.82, 2.24) is 9.97 Å². The molecule has 0 bridgehead atoms. The Kier molecular flexibility index (Phi) is 8.11. The Bertz CT molecular complexity index is 820. The van der Waals surface area contributed by atoms with Crippen molar-refractivity contribution in [3.05, 3.63) is 34.3 Å². The lowest BCUT2D eigenvalue weighted by Crippen LogP contribution is -2.35.